The second-order valence-corrected chi connectivity index (χ2v) is 11.5. The highest BCUT2D eigenvalue weighted by molar-refractivity contribution is 5.18. The lowest BCUT2D eigenvalue weighted by Crippen LogP contribution is -1.95. The van der Waals surface area contributed by atoms with Crippen LogP contribution in [0.15, 0.2) is 22.8 Å². The number of allylic oxidation sites excluding steroid dienone is 4. The van der Waals surface area contributed by atoms with Crippen LogP contribution in [0.1, 0.15) is 137 Å². The highest BCUT2D eigenvalue weighted by Gasteiger charge is 2.45. The molecule has 3 fully saturated rings. The fourth-order valence-corrected chi connectivity index (χ4v) is 6.23. The zero-order valence-electron chi connectivity index (χ0n) is 21.0. The highest BCUT2D eigenvalue weighted by Crippen LogP contribution is 2.55. The van der Waals surface area contributed by atoms with Crippen LogP contribution < -0.4 is 0 Å². The van der Waals surface area contributed by atoms with Crippen LogP contribution in [0.3, 0.4) is 0 Å². The molecule has 172 valence electrons. The molecule has 0 amide bonds. The molecule has 0 heteroatoms. The van der Waals surface area contributed by atoms with E-state index in [1.807, 2.05) is 5.57 Å². The third-order valence-corrected chi connectivity index (χ3v) is 8.92. The van der Waals surface area contributed by atoms with E-state index in [2.05, 4.69) is 33.8 Å². The van der Waals surface area contributed by atoms with Gasteiger partial charge in [0.1, 0.15) is 0 Å². The normalized spacial score (nSPS) is 32.5. The molecule has 5 unspecified atom stereocenters. The topological polar surface area (TPSA) is 0 Å². The molecule has 0 bridgehead atoms. The predicted octanol–water partition coefficient (Wildman–Crippen LogP) is 10.0. The maximum Gasteiger partial charge on any atom is -0.0289 e. The number of unbranched alkanes of at least 4 members (excludes halogenated alkanes) is 6. The molecule has 0 aliphatic heterocycles. The fourth-order valence-electron chi connectivity index (χ4n) is 6.23. The van der Waals surface area contributed by atoms with Crippen LogP contribution in [0, 0.1) is 29.6 Å². The van der Waals surface area contributed by atoms with E-state index in [0.29, 0.717) is 0 Å². The molecule has 0 nitrogen and oxygen atoms in total. The van der Waals surface area contributed by atoms with E-state index >= 15 is 0 Å². The van der Waals surface area contributed by atoms with Crippen LogP contribution in [0.4, 0.5) is 0 Å². The first-order valence-corrected chi connectivity index (χ1v) is 13.9. The molecule has 3 aliphatic carbocycles. The van der Waals surface area contributed by atoms with Crippen molar-refractivity contribution in [2.24, 2.45) is 29.6 Å². The van der Waals surface area contributed by atoms with E-state index in [-0.39, 0.29) is 0 Å². The second-order valence-electron chi connectivity index (χ2n) is 11.5. The lowest BCUT2D eigenvalue weighted by Gasteiger charge is -2.10. The molecule has 0 spiro atoms. The molecular formula is C30H52. The first-order valence-electron chi connectivity index (χ1n) is 13.9. The molecule has 0 N–H and O–H groups in total. The van der Waals surface area contributed by atoms with Crippen molar-refractivity contribution in [3.05, 3.63) is 22.8 Å². The fraction of sp³-hybridized carbons (Fsp3) is 0.867. The largest absolute Gasteiger partial charge is 0.0887 e. The molecule has 5 atom stereocenters. The minimum atomic E-state index is 0.971. The zero-order valence-corrected chi connectivity index (χ0v) is 21.0. The summed E-state index contributed by atoms with van der Waals surface area (Å²) in [6.45, 7) is 9.27. The molecule has 0 heterocycles. The van der Waals surface area contributed by atoms with E-state index < -0.39 is 0 Å². The quantitative estimate of drug-likeness (QED) is 0.185. The van der Waals surface area contributed by atoms with Crippen molar-refractivity contribution in [2.75, 3.05) is 0 Å². The Kier molecular flexibility index (Phi) is 10.1. The molecule has 0 radical (unpaired) electrons. The highest BCUT2D eigenvalue weighted by atomic mass is 14.5. The van der Waals surface area contributed by atoms with Crippen molar-refractivity contribution in [1.29, 1.82) is 0 Å². The van der Waals surface area contributed by atoms with Crippen molar-refractivity contribution in [2.45, 2.75) is 137 Å². The molecule has 30 heavy (non-hydrogen) atoms. The molecule has 0 aromatic heterocycles. The first kappa shape index (κ1) is 24.1. The van der Waals surface area contributed by atoms with E-state index in [4.69, 9.17) is 0 Å². The van der Waals surface area contributed by atoms with Gasteiger partial charge in [-0.15, -0.1) is 0 Å². The zero-order chi connectivity index (χ0) is 21.3. The van der Waals surface area contributed by atoms with E-state index in [1.54, 1.807) is 36.8 Å². The standard InChI is InChI=1S/C30H52/c1-5-7-8-9-10-11-12-13-27-20-29(27)22-30-21-28(30)18-24(4)26-17-16-25(19-26)15-14-23(3)6-2/h6,25,27-30H,5,7-22H2,1-4H3. The Labute approximate surface area is 189 Å². The minimum Gasteiger partial charge on any atom is -0.0887 e. The van der Waals surface area contributed by atoms with Gasteiger partial charge in [-0.25, -0.2) is 0 Å². The molecule has 3 rings (SSSR count). The van der Waals surface area contributed by atoms with Gasteiger partial charge in [0.25, 0.3) is 0 Å². The van der Waals surface area contributed by atoms with Gasteiger partial charge in [-0.2, -0.15) is 0 Å². The molecule has 3 saturated carbocycles. The summed E-state index contributed by atoms with van der Waals surface area (Å²) in [7, 11) is 0. The van der Waals surface area contributed by atoms with Gasteiger partial charge in [-0.05, 0) is 108 Å². The maximum absolute atomic E-state index is 2.48. The van der Waals surface area contributed by atoms with Gasteiger partial charge in [0.2, 0.25) is 0 Å². The van der Waals surface area contributed by atoms with Crippen LogP contribution in [0.2, 0.25) is 0 Å². The van der Waals surface area contributed by atoms with Crippen molar-refractivity contribution in [1.82, 2.24) is 0 Å². The lowest BCUT2D eigenvalue weighted by molar-refractivity contribution is 0.507. The Morgan fingerprint density at radius 1 is 0.867 bits per heavy atom. The molecule has 0 saturated heterocycles. The van der Waals surface area contributed by atoms with E-state index in [1.165, 1.54) is 83.5 Å². The first-order chi connectivity index (χ1) is 14.6. The van der Waals surface area contributed by atoms with Gasteiger partial charge in [0.15, 0.2) is 0 Å². The van der Waals surface area contributed by atoms with Crippen LogP contribution in [-0.4, -0.2) is 0 Å². The smallest absolute Gasteiger partial charge is 0.0289 e. The van der Waals surface area contributed by atoms with Gasteiger partial charge >= 0.3 is 0 Å². The minimum absolute atomic E-state index is 0.971. The summed E-state index contributed by atoms with van der Waals surface area (Å²) < 4.78 is 0. The number of hydrogen-bond acceptors (Lipinski definition) is 0. The Morgan fingerprint density at radius 2 is 1.57 bits per heavy atom. The molecule has 3 aliphatic rings. The predicted molar refractivity (Wildman–Crippen MR) is 134 cm³/mol. The van der Waals surface area contributed by atoms with Gasteiger partial charge in [0.05, 0.1) is 0 Å². The van der Waals surface area contributed by atoms with Crippen molar-refractivity contribution < 1.29 is 0 Å². The molecule has 0 aromatic carbocycles. The van der Waals surface area contributed by atoms with Crippen molar-refractivity contribution >= 4 is 0 Å². The number of hydrogen-bond donors (Lipinski definition) is 0. The summed E-state index contributed by atoms with van der Waals surface area (Å²) in [6, 6.07) is 0. The third kappa shape index (κ3) is 8.20. The third-order valence-electron chi connectivity index (χ3n) is 8.92. The van der Waals surface area contributed by atoms with Crippen molar-refractivity contribution in [3.63, 3.8) is 0 Å². The summed E-state index contributed by atoms with van der Waals surface area (Å²) in [5, 5.41) is 0. The summed E-state index contributed by atoms with van der Waals surface area (Å²) in [5.74, 6) is 5.37. The second kappa shape index (κ2) is 12.5. The van der Waals surface area contributed by atoms with Gasteiger partial charge in [0, 0.05) is 0 Å². The maximum atomic E-state index is 2.48. The van der Waals surface area contributed by atoms with E-state index in [0.717, 1.165) is 29.6 Å². The van der Waals surface area contributed by atoms with E-state index in [9.17, 15) is 0 Å². The van der Waals surface area contributed by atoms with Crippen LogP contribution in [0.5, 0.6) is 0 Å². The van der Waals surface area contributed by atoms with Crippen molar-refractivity contribution in [3.8, 4) is 0 Å². The molecular weight excluding hydrogens is 360 g/mol. The Hall–Kier alpha value is -0.520. The van der Waals surface area contributed by atoms with Gasteiger partial charge < -0.3 is 0 Å². The van der Waals surface area contributed by atoms with Gasteiger partial charge in [-0.3, -0.25) is 0 Å². The summed E-state index contributed by atoms with van der Waals surface area (Å²) >= 11 is 0. The SMILES string of the molecule is CC=C(C)CCC1CCC(=C(C)CC2CC2CC2CC2CCCCCCCCC)C1. The Balaban J connectivity index is 1.23. The van der Waals surface area contributed by atoms with Gasteiger partial charge in [-0.1, -0.05) is 81.1 Å². The van der Waals surface area contributed by atoms with Crippen LogP contribution in [-0.2, 0) is 0 Å². The summed E-state index contributed by atoms with van der Waals surface area (Å²) in [6.07, 6.45) is 27.3. The van der Waals surface area contributed by atoms with Crippen LogP contribution in [0.25, 0.3) is 0 Å². The lowest BCUT2D eigenvalue weighted by atomic mass is 9.96. The number of rotatable bonds is 15. The average Bonchev–Trinajstić information content (AvgIpc) is 3.61. The Morgan fingerprint density at radius 3 is 2.33 bits per heavy atom. The summed E-state index contributed by atoms with van der Waals surface area (Å²) in [5.41, 5.74) is 5.23. The van der Waals surface area contributed by atoms with Crippen LogP contribution >= 0.6 is 0 Å². The molecule has 0 aromatic rings. The Bertz CT molecular complexity index is 565. The average molecular weight is 413 g/mol. The monoisotopic (exact) mass is 412 g/mol. The summed E-state index contributed by atoms with van der Waals surface area (Å²) in [4.78, 5) is 0.